The fraction of sp³-hybridized carbons (Fsp3) is 0.333. The Labute approximate surface area is 154 Å². The van der Waals surface area contributed by atoms with Gasteiger partial charge in [-0.1, -0.05) is 11.2 Å². The molecule has 8 nitrogen and oxygen atoms in total. The van der Waals surface area contributed by atoms with Gasteiger partial charge >= 0.3 is 6.01 Å². The van der Waals surface area contributed by atoms with Gasteiger partial charge in [0.2, 0.25) is 0 Å². The molecule has 0 fully saturated rings. The van der Waals surface area contributed by atoms with Gasteiger partial charge in [-0.15, -0.1) is 5.10 Å². The minimum absolute atomic E-state index is 0.0425. The molecule has 0 saturated carbocycles. The second kappa shape index (κ2) is 5.63. The molecule has 138 valence electrons. The van der Waals surface area contributed by atoms with Crippen molar-refractivity contribution in [2.75, 3.05) is 11.4 Å². The normalized spacial score (nSPS) is 17.4. The Morgan fingerprint density at radius 1 is 1.30 bits per heavy atom. The molecule has 5 heterocycles. The molecule has 0 spiro atoms. The van der Waals surface area contributed by atoms with Gasteiger partial charge < -0.3 is 14.3 Å². The van der Waals surface area contributed by atoms with Gasteiger partial charge in [0, 0.05) is 24.9 Å². The van der Waals surface area contributed by atoms with Crippen LogP contribution in [0.3, 0.4) is 0 Å². The topological polar surface area (TPSA) is 88.1 Å². The van der Waals surface area contributed by atoms with E-state index >= 15 is 0 Å². The third kappa shape index (κ3) is 2.57. The molecule has 1 aliphatic heterocycles. The molecule has 0 bridgehead atoms. The van der Waals surface area contributed by atoms with Crippen molar-refractivity contribution in [3.05, 3.63) is 59.8 Å². The van der Waals surface area contributed by atoms with Crippen molar-refractivity contribution in [3.8, 4) is 0 Å². The molecule has 9 heteroatoms. The number of alkyl halides is 1. The molecule has 1 atom stereocenters. The van der Waals surface area contributed by atoms with Gasteiger partial charge in [-0.2, -0.15) is 5.10 Å². The first-order valence-corrected chi connectivity index (χ1v) is 8.77. The van der Waals surface area contributed by atoms with E-state index in [1.54, 1.807) is 6.33 Å². The van der Waals surface area contributed by atoms with Crippen molar-refractivity contribution in [1.82, 2.24) is 29.8 Å². The molecule has 0 aromatic carbocycles. The van der Waals surface area contributed by atoms with Crippen LogP contribution in [-0.4, -0.2) is 36.3 Å². The number of rotatable bonds is 3. The predicted molar refractivity (Wildman–Crippen MR) is 95.1 cm³/mol. The number of hydrogen-bond acceptors (Lipinski definition) is 6. The van der Waals surface area contributed by atoms with Gasteiger partial charge in [-0.05, 0) is 32.0 Å². The minimum atomic E-state index is -1.70. The zero-order chi connectivity index (χ0) is 18.6. The van der Waals surface area contributed by atoms with E-state index in [2.05, 4.69) is 20.2 Å². The number of aromatic nitrogens is 6. The van der Waals surface area contributed by atoms with E-state index in [1.807, 2.05) is 39.9 Å². The van der Waals surface area contributed by atoms with Crippen molar-refractivity contribution in [2.24, 2.45) is 0 Å². The third-order valence-corrected chi connectivity index (χ3v) is 4.76. The minimum Gasteiger partial charge on any atom is -0.404 e. The van der Waals surface area contributed by atoms with Crippen LogP contribution in [0.2, 0.25) is 0 Å². The van der Waals surface area contributed by atoms with Crippen molar-refractivity contribution < 1.29 is 8.81 Å². The molecular formula is C18H18FN7O. The summed E-state index contributed by atoms with van der Waals surface area (Å²) in [5, 5.41) is 12.7. The lowest BCUT2D eigenvalue weighted by Gasteiger charge is -2.32. The van der Waals surface area contributed by atoms with Crippen LogP contribution in [0, 0.1) is 0 Å². The summed E-state index contributed by atoms with van der Waals surface area (Å²) in [5.41, 5.74) is 2.01. The van der Waals surface area contributed by atoms with Crippen molar-refractivity contribution in [2.45, 2.75) is 32.0 Å². The summed E-state index contributed by atoms with van der Waals surface area (Å²) in [6.45, 7) is 3.42. The summed E-state index contributed by atoms with van der Waals surface area (Å²) >= 11 is 0. The second-order valence-corrected chi connectivity index (χ2v) is 7.11. The Morgan fingerprint density at radius 2 is 2.19 bits per heavy atom. The SMILES string of the molecule is CC(C)(F)c1nnc(N2CCc3[nH]cnc3C2c2cc3ccccn3n2)o1. The van der Waals surface area contributed by atoms with E-state index in [-0.39, 0.29) is 17.9 Å². The molecule has 1 N–H and O–H groups in total. The molecular weight excluding hydrogens is 349 g/mol. The summed E-state index contributed by atoms with van der Waals surface area (Å²) in [5.74, 6) is -0.0425. The van der Waals surface area contributed by atoms with Gasteiger partial charge in [-0.3, -0.25) is 0 Å². The summed E-state index contributed by atoms with van der Waals surface area (Å²) in [6, 6.07) is 7.87. The molecule has 4 aromatic rings. The molecule has 4 aromatic heterocycles. The van der Waals surface area contributed by atoms with E-state index in [0.29, 0.717) is 6.54 Å². The summed E-state index contributed by atoms with van der Waals surface area (Å²) < 4.78 is 21.7. The zero-order valence-electron chi connectivity index (χ0n) is 14.9. The number of aromatic amines is 1. The maximum atomic E-state index is 14.2. The molecule has 0 radical (unpaired) electrons. The maximum absolute atomic E-state index is 14.2. The van der Waals surface area contributed by atoms with Crippen LogP contribution in [0.25, 0.3) is 5.52 Å². The highest BCUT2D eigenvalue weighted by Crippen LogP contribution is 2.37. The van der Waals surface area contributed by atoms with Crippen LogP contribution in [-0.2, 0) is 12.1 Å². The smallest absolute Gasteiger partial charge is 0.319 e. The highest BCUT2D eigenvalue weighted by Gasteiger charge is 2.37. The van der Waals surface area contributed by atoms with Crippen LogP contribution in [0.15, 0.2) is 41.2 Å². The fourth-order valence-corrected chi connectivity index (χ4v) is 3.45. The first kappa shape index (κ1) is 16.0. The predicted octanol–water partition coefficient (Wildman–Crippen LogP) is 2.80. The number of imidazole rings is 1. The molecule has 0 amide bonds. The van der Waals surface area contributed by atoms with Crippen molar-refractivity contribution in [3.63, 3.8) is 0 Å². The molecule has 0 aliphatic carbocycles. The Balaban J connectivity index is 1.63. The van der Waals surface area contributed by atoms with Gasteiger partial charge in [-0.25, -0.2) is 13.9 Å². The van der Waals surface area contributed by atoms with Crippen LogP contribution in [0.5, 0.6) is 0 Å². The standard InChI is InChI=1S/C18H18FN7O/c1-18(2,19)16-22-23-17(27-16)25-8-6-12-14(21-10-20-12)15(25)13-9-11-5-3-4-7-26(11)24-13/h3-5,7,9-10,15H,6,8H2,1-2H3,(H,20,21). The number of nitrogens with zero attached hydrogens (tertiary/aromatic N) is 6. The first-order chi connectivity index (χ1) is 13.0. The number of pyridine rings is 1. The van der Waals surface area contributed by atoms with Gasteiger partial charge in [0.05, 0.1) is 23.2 Å². The van der Waals surface area contributed by atoms with Crippen LogP contribution >= 0.6 is 0 Å². The lowest BCUT2D eigenvalue weighted by Crippen LogP contribution is -2.37. The Hall–Kier alpha value is -3.23. The number of nitrogens with one attached hydrogen (secondary N) is 1. The number of H-pyrrole nitrogens is 1. The summed E-state index contributed by atoms with van der Waals surface area (Å²) in [4.78, 5) is 9.64. The van der Waals surface area contributed by atoms with Gasteiger partial charge in [0.1, 0.15) is 6.04 Å². The van der Waals surface area contributed by atoms with Crippen LogP contribution in [0.4, 0.5) is 10.4 Å². The number of halogens is 1. The Kier molecular flexibility index (Phi) is 3.33. The average Bonchev–Trinajstić information content (AvgIpc) is 3.37. The molecule has 1 unspecified atom stereocenters. The lowest BCUT2D eigenvalue weighted by molar-refractivity contribution is 0.170. The highest BCUT2D eigenvalue weighted by molar-refractivity contribution is 5.51. The van der Waals surface area contributed by atoms with E-state index in [9.17, 15) is 4.39 Å². The number of anilines is 1. The Bertz CT molecular complexity index is 1070. The zero-order valence-corrected chi connectivity index (χ0v) is 14.9. The molecule has 0 saturated heterocycles. The van der Waals surface area contributed by atoms with E-state index in [4.69, 9.17) is 9.52 Å². The van der Waals surface area contributed by atoms with Gasteiger partial charge in [0.15, 0.2) is 5.67 Å². The van der Waals surface area contributed by atoms with Crippen molar-refractivity contribution in [1.29, 1.82) is 0 Å². The Morgan fingerprint density at radius 3 is 2.96 bits per heavy atom. The number of hydrogen-bond donors (Lipinski definition) is 1. The maximum Gasteiger partial charge on any atom is 0.319 e. The second-order valence-electron chi connectivity index (χ2n) is 7.11. The fourth-order valence-electron chi connectivity index (χ4n) is 3.45. The quantitative estimate of drug-likeness (QED) is 0.599. The third-order valence-electron chi connectivity index (χ3n) is 4.76. The number of fused-ring (bicyclic) bond motifs is 2. The van der Waals surface area contributed by atoms with Crippen LogP contribution < -0.4 is 4.90 Å². The summed E-state index contributed by atoms with van der Waals surface area (Å²) in [6.07, 6.45) is 4.32. The van der Waals surface area contributed by atoms with E-state index < -0.39 is 5.67 Å². The largest absolute Gasteiger partial charge is 0.404 e. The first-order valence-electron chi connectivity index (χ1n) is 8.77. The lowest BCUT2D eigenvalue weighted by atomic mass is 10.0. The average molecular weight is 367 g/mol. The van der Waals surface area contributed by atoms with Crippen LogP contribution in [0.1, 0.15) is 42.9 Å². The highest BCUT2D eigenvalue weighted by atomic mass is 19.1. The van der Waals surface area contributed by atoms with Crippen molar-refractivity contribution >= 4 is 11.5 Å². The monoisotopic (exact) mass is 367 g/mol. The molecule has 27 heavy (non-hydrogen) atoms. The molecule has 5 rings (SSSR count). The van der Waals surface area contributed by atoms with Gasteiger partial charge in [0.25, 0.3) is 5.89 Å². The summed E-state index contributed by atoms with van der Waals surface area (Å²) in [7, 11) is 0. The van der Waals surface area contributed by atoms with E-state index in [0.717, 1.165) is 29.0 Å². The van der Waals surface area contributed by atoms with E-state index in [1.165, 1.54) is 13.8 Å². The molecule has 1 aliphatic rings.